The van der Waals surface area contributed by atoms with Gasteiger partial charge in [0.15, 0.2) is 11.6 Å². The second-order valence-electron chi connectivity index (χ2n) is 7.66. The highest BCUT2D eigenvalue weighted by Crippen LogP contribution is 2.37. The highest BCUT2D eigenvalue weighted by Gasteiger charge is 2.23. The first-order valence-electron chi connectivity index (χ1n) is 10.2. The Balaban J connectivity index is 1.83. The summed E-state index contributed by atoms with van der Waals surface area (Å²) in [4.78, 5) is 8.63. The van der Waals surface area contributed by atoms with Crippen molar-refractivity contribution in [2.24, 2.45) is 0 Å². The Morgan fingerprint density at radius 1 is 1.12 bits per heavy atom. The van der Waals surface area contributed by atoms with Crippen molar-refractivity contribution in [1.29, 1.82) is 0 Å². The molecule has 0 saturated heterocycles. The van der Waals surface area contributed by atoms with Gasteiger partial charge in [0.2, 0.25) is 0 Å². The average Bonchev–Trinajstić information content (AvgIpc) is 3.17. The van der Waals surface area contributed by atoms with Crippen LogP contribution in [-0.2, 0) is 13.0 Å². The molecular weight excluding hydrogens is 414 g/mol. The van der Waals surface area contributed by atoms with Gasteiger partial charge in [0, 0.05) is 28.5 Å². The van der Waals surface area contributed by atoms with Crippen LogP contribution in [0, 0.1) is 11.6 Å². The lowest BCUT2D eigenvalue weighted by atomic mass is 9.96. The summed E-state index contributed by atoms with van der Waals surface area (Å²) in [5, 5.41) is 8.60. The van der Waals surface area contributed by atoms with Gasteiger partial charge in [-0.1, -0.05) is 12.1 Å². The van der Waals surface area contributed by atoms with E-state index in [9.17, 15) is 8.78 Å². The van der Waals surface area contributed by atoms with Gasteiger partial charge in [-0.15, -0.1) is 5.10 Å². The van der Waals surface area contributed by atoms with Gasteiger partial charge >= 0.3 is 0 Å². The van der Waals surface area contributed by atoms with E-state index in [1.165, 1.54) is 18.2 Å². The third kappa shape index (κ3) is 3.35. The molecule has 32 heavy (non-hydrogen) atoms. The van der Waals surface area contributed by atoms with Gasteiger partial charge in [0.05, 0.1) is 29.8 Å². The van der Waals surface area contributed by atoms with Crippen molar-refractivity contribution < 1.29 is 13.5 Å². The Bertz CT molecular complexity index is 1340. The number of ether oxygens (including phenoxy) is 1. The molecule has 5 rings (SSSR count). The van der Waals surface area contributed by atoms with Gasteiger partial charge in [-0.25, -0.2) is 18.4 Å². The molecule has 0 aliphatic carbocycles. The van der Waals surface area contributed by atoms with Crippen LogP contribution in [0.1, 0.15) is 36.8 Å². The Hall–Kier alpha value is -3.88. The van der Waals surface area contributed by atoms with Crippen molar-refractivity contribution in [2.45, 2.75) is 32.9 Å². The van der Waals surface area contributed by atoms with E-state index in [1.54, 1.807) is 29.9 Å². The lowest BCUT2D eigenvalue weighted by molar-refractivity contribution is 0.227. The first-order chi connectivity index (χ1) is 15.4. The summed E-state index contributed by atoms with van der Waals surface area (Å²) in [6.45, 7) is 3.99. The molecule has 0 fully saturated rings. The zero-order valence-corrected chi connectivity index (χ0v) is 17.5. The van der Waals surface area contributed by atoms with Gasteiger partial charge in [-0.05, 0) is 43.7 Å². The van der Waals surface area contributed by atoms with Crippen molar-refractivity contribution in [2.75, 3.05) is 5.73 Å². The van der Waals surface area contributed by atoms with Crippen LogP contribution in [0.15, 0.2) is 42.7 Å². The summed E-state index contributed by atoms with van der Waals surface area (Å²) in [5.74, 6) is -0.306. The summed E-state index contributed by atoms with van der Waals surface area (Å²) in [6, 6.07) is 7.55. The molecule has 7 nitrogen and oxygen atoms in total. The number of pyridine rings is 2. The molecule has 3 aromatic heterocycles. The van der Waals surface area contributed by atoms with Crippen molar-refractivity contribution >= 4 is 5.82 Å². The highest BCUT2D eigenvalue weighted by atomic mass is 19.1. The van der Waals surface area contributed by atoms with Crippen molar-refractivity contribution in [3.8, 4) is 28.3 Å². The molecule has 1 aromatic carbocycles. The topological polar surface area (TPSA) is 91.7 Å². The molecule has 0 amide bonds. The minimum atomic E-state index is -0.576. The number of nitrogen functional groups attached to an aromatic ring is 1. The lowest BCUT2D eigenvalue weighted by Gasteiger charge is -2.22. The van der Waals surface area contributed by atoms with E-state index in [4.69, 9.17) is 10.5 Å². The molecule has 1 aliphatic rings. The molecule has 1 aliphatic heterocycles. The largest absolute Gasteiger partial charge is 0.482 e. The van der Waals surface area contributed by atoms with Crippen LogP contribution in [0.2, 0.25) is 0 Å². The van der Waals surface area contributed by atoms with E-state index in [1.807, 2.05) is 6.92 Å². The molecule has 162 valence electrons. The Morgan fingerprint density at radius 3 is 2.78 bits per heavy atom. The van der Waals surface area contributed by atoms with Gasteiger partial charge in [-0.3, -0.25) is 4.98 Å². The molecule has 4 heterocycles. The molecule has 2 bridgehead atoms. The zero-order valence-electron chi connectivity index (χ0n) is 17.5. The number of rotatable bonds is 1. The van der Waals surface area contributed by atoms with Crippen LogP contribution in [0.4, 0.5) is 14.6 Å². The number of hydrogen-bond donors (Lipinski definition) is 1. The quantitative estimate of drug-likeness (QED) is 0.480. The van der Waals surface area contributed by atoms with Gasteiger partial charge in [0.1, 0.15) is 17.7 Å². The number of nitrogens with two attached hydrogens (primary N) is 1. The third-order valence-corrected chi connectivity index (χ3v) is 5.56. The number of halogens is 2. The van der Waals surface area contributed by atoms with E-state index >= 15 is 0 Å². The van der Waals surface area contributed by atoms with Crippen molar-refractivity contribution in [3.63, 3.8) is 0 Å². The fourth-order valence-corrected chi connectivity index (χ4v) is 4.04. The Morgan fingerprint density at radius 2 is 1.97 bits per heavy atom. The van der Waals surface area contributed by atoms with Crippen LogP contribution in [0.25, 0.3) is 22.5 Å². The number of hydrogen-bond acceptors (Lipinski definition) is 6. The van der Waals surface area contributed by atoms with Crippen LogP contribution < -0.4 is 10.5 Å². The molecule has 0 spiro atoms. The molecule has 0 saturated carbocycles. The smallest absolute Gasteiger partial charge is 0.166 e. The fourth-order valence-electron chi connectivity index (χ4n) is 4.04. The molecule has 4 aromatic rings. The van der Waals surface area contributed by atoms with Crippen molar-refractivity contribution in [1.82, 2.24) is 25.0 Å². The standard InChI is InChI=1S/C23H20F2N6O/c1-3-19-22-13-7-20(23(26)28-9-13)32-12(2)18-8-15(24)4-5-17(18)21-14(6-16(25)10-27-21)11-31(22)30-29-19/h4-10,12H,3,11H2,1-2H3,(H2,26,28). The average molecular weight is 434 g/mol. The van der Waals surface area contributed by atoms with Crippen LogP contribution in [0.3, 0.4) is 0 Å². The predicted octanol–water partition coefficient (Wildman–Crippen LogP) is 4.33. The molecule has 0 radical (unpaired) electrons. The van der Waals surface area contributed by atoms with Gasteiger partial charge in [0.25, 0.3) is 0 Å². The van der Waals surface area contributed by atoms with E-state index in [2.05, 4.69) is 20.3 Å². The minimum absolute atomic E-state index is 0.216. The molecule has 2 N–H and O–H groups in total. The highest BCUT2D eigenvalue weighted by molar-refractivity contribution is 5.70. The van der Waals surface area contributed by atoms with E-state index in [0.717, 1.165) is 17.6 Å². The number of benzene rings is 1. The SMILES string of the molecule is CCc1nnn2c1-c1cnc(N)c(c1)OC(C)c1cc(F)ccc1-c1ncc(F)cc1C2. The van der Waals surface area contributed by atoms with E-state index in [-0.39, 0.29) is 12.4 Å². The van der Waals surface area contributed by atoms with Crippen LogP contribution in [-0.4, -0.2) is 25.0 Å². The fraction of sp³-hybridized carbons (Fsp3) is 0.217. The number of fused-ring (bicyclic) bond motifs is 7. The first-order valence-corrected chi connectivity index (χ1v) is 10.2. The minimum Gasteiger partial charge on any atom is -0.482 e. The molecule has 1 atom stereocenters. The first kappa shape index (κ1) is 20.0. The molecular formula is C23H20F2N6O. The van der Waals surface area contributed by atoms with Crippen molar-refractivity contribution in [3.05, 3.63) is 71.2 Å². The normalized spacial score (nSPS) is 14.9. The summed E-state index contributed by atoms with van der Waals surface area (Å²) < 4.78 is 36.2. The second-order valence-corrected chi connectivity index (χ2v) is 7.66. The van der Waals surface area contributed by atoms with Crippen LogP contribution >= 0.6 is 0 Å². The maximum Gasteiger partial charge on any atom is 0.166 e. The van der Waals surface area contributed by atoms with E-state index < -0.39 is 17.7 Å². The number of anilines is 1. The number of nitrogens with zero attached hydrogens (tertiary/aromatic N) is 5. The van der Waals surface area contributed by atoms with E-state index in [0.29, 0.717) is 40.1 Å². The summed E-state index contributed by atoms with van der Waals surface area (Å²) >= 11 is 0. The number of aromatic nitrogens is 5. The molecule has 1 unspecified atom stereocenters. The Labute approximate surface area is 182 Å². The maximum atomic E-state index is 14.2. The summed E-state index contributed by atoms with van der Waals surface area (Å²) in [7, 11) is 0. The number of aryl methyl sites for hydroxylation is 1. The second kappa shape index (κ2) is 7.67. The predicted molar refractivity (Wildman–Crippen MR) is 115 cm³/mol. The monoisotopic (exact) mass is 434 g/mol. The maximum absolute atomic E-state index is 14.2. The third-order valence-electron chi connectivity index (χ3n) is 5.56. The summed E-state index contributed by atoms with van der Waals surface area (Å²) in [6.07, 6.45) is 2.84. The lowest BCUT2D eigenvalue weighted by Crippen LogP contribution is -2.12. The molecule has 9 heteroatoms. The van der Waals surface area contributed by atoms with Gasteiger partial charge < -0.3 is 10.5 Å². The Kier molecular flexibility index (Phi) is 4.80. The van der Waals surface area contributed by atoms with Crippen LogP contribution in [0.5, 0.6) is 5.75 Å². The van der Waals surface area contributed by atoms with Gasteiger partial charge in [-0.2, -0.15) is 0 Å². The summed E-state index contributed by atoms with van der Waals surface area (Å²) in [5.41, 5.74) is 10.6. The zero-order chi connectivity index (χ0) is 22.4.